The van der Waals surface area contributed by atoms with Crippen molar-refractivity contribution in [2.75, 3.05) is 18.2 Å². The lowest BCUT2D eigenvalue weighted by Crippen LogP contribution is -2.59. The summed E-state index contributed by atoms with van der Waals surface area (Å²) in [5.41, 5.74) is 6.29. The Kier molecular flexibility index (Phi) is 8.10. The van der Waals surface area contributed by atoms with Crippen molar-refractivity contribution in [2.24, 2.45) is 11.1 Å². The fraction of sp³-hybridized carbons (Fsp3) is 0.571. The third kappa shape index (κ3) is 6.47. The van der Waals surface area contributed by atoms with Crippen LogP contribution in [0.5, 0.6) is 0 Å². The molecule has 0 spiro atoms. The maximum absolute atomic E-state index is 13.2. The van der Waals surface area contributed by atoms with Gasteiger partial charge in [0.25, 0.3) is 0 Å². The lowest BCUT2D eigenvalue weighted by Gasteiger charge is -2.35. The predicted octanol–water partition coefficient (Wildman–Crippen LogP) is 1.12. The molecule has 1 aromatic rings. The lowest BCUT2D eigenvalue weighted by atomic mass is 9.85. The molecule has 29 heavy (non-hydrogen) atoms. The second-order valence-electron chi connectivity index (χ2n) is 8.45. The van der Waals surface area contributed by atoms with E-state index >= 15 is 0 Å². The highest BCUT2D eigenvalue weighted by molar-refractivity contribution is 7.99. The fourth-order valence-electron chi connectivity index (χ4n) is 3.06. The Balaban J connectivity index is 2.01. The smallest absolute Gasteiger partial charge is 0.247 e. The van der Waals surface area contributed by atoms with Crippen LogP contribution in [-0.4, -0.2) is 58.9 Å². The summed E-state index contributed by atoms with van der Waals surface area (Å²) in [6, 6.07) is 7.92. The first-order valence-electron chi connectivity index (χ1n) is 9.87. The van der Waals surface area contributed by atoms with E-state index in [9.17, 15) is 14.4 Å². The molecule has 1 aromatic carbocycles. The number of thioether (sulfide) groups is 1. The van der Waals surface area contributed by atoms with Gasteiger partial charge in [0.05, 0.1) is 11.9 Å². The van der Waals surface area contributed by atoms with Gasteiger partial charge in [0.2, 0.25) is 17.7 Å². The molecule has 7 nitrogen and oxygen atoms in total. The van der Waals surface area contributed by atoms with E-state index in [4.69, 9.17) is 5.73 Å². The monoisotopic (exact) mass is 420 g/mol. The standard InChI is InChI=1S/C21H32N4O3S/c1-14(22)18(26)24-17(21(2,3)4)20(28)25-13-29-12-16(25)19(27)23-11-10-15-8-6-5-7-9-15/h5-9,14,16-17H,10-13,22H2,1-4H3,(H,23,27)(H,24,26)/t14-,16-,17+/m0/s1. The van der Waals surface area contributed by atoms with Gasteiger partial charge in [-0.3, -0.25) is 14.4 Å². The predicted molar refractivity (Wildman–Crippen MR) is 116 cm³/mol. The Bertz CT molecular complexity index is 718. The number of carbonyl (C=O) groups is 3. The van der Waals surface area contributed by atoms with Crippen molar-refractivity contribution < 1.29 is 14.4 Å². The molecule has 2 rings (SSSR count). The highest BCUT2D eigenvalue weighted by Gasteiger charge is 2.42. The summed E-state index contributed by atoms with van der Waals surface area (Å²) in [6.07, 6.45) is 0.732. The number of rotatable bonds is 7. The highest BCUT2D eigenvalue weighted by Crippen LogP contribution is 2.27. The fourth-order valence-corrected chi connectivity index (χ4v) is 4.22. The lowest BCUT2D eigenvalue weighted by molar-refractivity contribution is -0.143. The van der Waals surface area contributed by atoms with Crippen molar-refractivity contribution in [3.63, 3.8) is 0 Å². The van der Waals surface area contributed by atoms with E-state index in [0.29, 0.717) is 18.2 Å². The summed E-state index contributed by atoms with van der Waals surface area (Å²) >= 11 is 1.54. The summed E-state index contributed by atoms with van der Waals surface area (Å²) in [4.78, 5) is 39.7. The van der Waals surface area contributed by atoms with Crippen LogP contribution in [0.1, 0.15) is 33.3 Å². The Morgan fingerprint density at radius 3 is 2.48 bits per heavy atom. The molecule has 3 amide bonds. The molecule has 1 heterocycles. The van der Waals surface area contributed by atoms with Crippen LogP contribution in [0, 0.1) is 5.41 Å². The normalized spacial score (nSPS) is 18.8. The van der Waals surface area contributed by atoms with E-state index in [1.54, 1.807) is 11.8 Å². The van der Waals surface area contributed by atoms with E-state index in [1.165, 1.54) is 11.8 Å². The van der Waals surface area contributed by atoms with Crippen LogP contribution < -0.4 is 16.4 Å². The zero-order valence-corrected chi connectivity index (χ0v) is 18.4. The van der Waals surface area contributed by atoms with Gasteiger partial charge in [-0.05, 0) is 24.3 Å². The van der Waals surface area contributed by atoms with Crippen LogP contribution in [0.2, 0.25) is 0 Å². The first-order valence-corrected chi connectivity index (χ1v) is 11.0. The molecule has 1 fully saturated rings. The summed E-state index contributed by atoms with van der Waals surface area (Å²) < 4.78 is 0. The van der Waals surface area contributed by atoms with Gasteiger partial charge in [-0.1, -0.05) is 51.1 Å². The molecule has 1 aliphatic rings. The average Bonchev–Trinajstić information content (AvgIpc) is 3.15. The van der Waals surface area contributed by atoms with Crippen LogP contribution in [-0.2, 0) is 20.8 Å². The number of hydrogen-bond acceptors (Lipinski definition) is 5. The van der Waals surface area contributed by atoms with Crippen LogP contribution in [0.3, 0.4) is 0 Å². The number of hydrogen-bond donors (Lipinski definition) is 3. The van der Waals surface area contributed by atoms with Crippen molar-refractivity contribution in [1.82, 2.24) is 15.5 Å². The Morgan fingerprint density at radius 1 is 1.24 bits per heavy atom. The van der Waals surface area contributed by atoms with Gasteiger partial charge in [-0.15, -0.1) is 11.8 Å². The van der Waals surface area contributed by atoms with Gasteiger partial charge in [0, 0.05) is 12.3 Å². The quantitative estimate of drug-likeness (QED) is 0.613. The first-order chi connectivity index (χ1) is 13.6. The summed E-state index contributed by atoms with van der Waals surface area (Å²) in [5.74, 6) is 0.177. The van der Waals surface area contributed by atoms with Crippen molar-refractivity contribution >= 4 is 29.5 Å². The molecule has 0 bridgehead atoms. The van der Waals surface area contributed by atoms with Gasteiger partial charge in [0.1, 0.15) is 12.1 Å². The molecule has 0 aliphatic carbocycles. The second kappa shape index (κ2) is 10.1. The molecule has 0 unspecified atom stereocenters. The molecule has 0 aromatic heterocycles. The van der Waals surface area contributed by atoms with E-state index in [-0.39, 0.29) is 17.7 Å². The van der Waals surface area contributed by atoms with Crippen molar-refractivity contribution in [3.8, 4) is 0 Å². The summed E-state index contributed by atoms with van der Waals surface area (Å²) in [6.45, 7) is 7.74. The molecular formula is C21H32N4O3S. The Labute approximate surface area is 177 Å². The van der Waals surface area contributed by atoms with Gasteiger partial charge < -0.3 is 21.3 Å². The van der Waals surface area contributed by atoms with E-state index < -0.39 is 23.5 Å². The molecule has 4 N–H and O–H groups in total. The molecule has 1 aliphatic heterocycles. The Hall–Kier alpha value is -2.06. The summed E-state index contributed by atoms with van der Waals surface area (Å²) in [7, 11) is 0. The largest absolute Gasteiger partial charge is 0.354 e. The van der Waals surface area contributed by atoms with Crippen LogP contribution in [0.15, 0.2) is 30.3 Å². The van der Waals surface area contributed by atoms with Crippen LogP contribution in [0.25, 0.3) is 0 Å². The number of nitrogens with one attached hydrogen (secondary N) is 2. The SMILES string of the molecule is C[C@H](N)C(=O)N[C@H](C(=O)N1CSC[C@H]1C(=O)NCCc1ccccc1)C(C)(C)C. The van der Waals surface area contributed by atoms with Gasteiger partial charge >= 0.3 is 0 Å². The third-order valence-corrected chi connectivity index (χ3v) is 5.85. The van der Waals surface area contributed by atoms with Gasteiger partial charge in [-0.25, -0.2) is 0 Å². The highest BCUT2D eigenvalue weighted by atomic mass is 32.2. The topological polar surface area (TPSA) is 105 Å². The van der Waals surface area contributed by atoms with E-state index in [2.05, 4.69) is 10.6 Å². The van der Waals surface area contributed by atoms with Crippen LogP contribution in [0.4, 0.5) is 0 Å². The number of nitrogens with zero attached hydrogens (tertiary/aromatic N) is 1. The minimum absolute atomic E-state index is 0.162. The second-order valence-corrected chi connectivity index (χ2v) is 9.45. The molecule has 3 atom stereocenters. The molecule has 8 heteroatoms. The summed E-state index contributed by atoms with van der Waals surface area (Å²) in [5, 5.41) is 5.70. The number of amides is 3. The maximum atomic E-state index is 13.2. The van der Waals surface area contributed by atoms with Crippen molar-refractivity contribution in [2.45, 2.75) is 52.2 Å². The average molecular weight is 421 g/mol. The Morgan fingerprint density at radius 2 is 1.90 bits per heavy atom. The van der Waals surface area contributed by atoms with Crippen LogP contribution >= 0.6 is 11.8 Å². The molecule has 0 saturated carbocycles. The minimum atomic E-state index is -0.751. The van der Waals surface area contributed by atoms with Crippen molar-refractivity contribution in [1.29, 1.82) is 0 Å². The number of nitrogens with two attached hydrogens (primary N) is 1. The minimum Gasteiger partial charge on any atom is -0.354 e. The zero-order valence-electron chi connectivity index (χ0n) is 17.6. The molecule has 1 saturated heterocycles. The van der Waals surface area contributed by atoms with Crippen molar-refractivity contribution in [3.05, 3.63) is 35.9 Å². The number of benzene rings is 1. The van der Waals surface area contributed by atoms with E-state index in [1.807, 2.05) is 51.1 Å². The first kappa shape index (κ1) is 23.2. The van der Waals surface area contributed by atoms with Gasteiger partial charge in [0.15, 0.2) is 0 Å². The maximum Gasteiger partial charge on any atom is 0.247 e. The molecule has 160 valence electrons. The molecular weight excluding hydrogens is 388 g/mol. The van der Waals surface area contributed by atoms with Gasteiger partial charge in [-0.2, -0.15) is 0 Å². The third-order valence-electron chi connectivity index (χ3n) is 4.84. The molecule has 0 radical (unpaired) electrons. The van der Waals surface area contributed by atoms with E-state index in [0.717, 1.165) is 12.0 Å². The zero-order chi connectivity index (χ0) is 21.6. The number of carbonyl (C=O) groups excluding carboxylic acids is 3.